The molecule has 0 unspecified atom stereocenters. The molecule has 4 rings (SSSR count). The summed E-state index contributed by atoms with van der Waals surface area (Å²) in [6.07, 6.45) is -0.0503. The second-order valence-electron chi connectivity index (χ2n) is 6.20. The van der Waals surface area contributed by atoms with Gasteiger partial charge in [-0.05, 0) is 31.2 Å². The topological polar surface area (TPSA) is 58.5 Å². The van der Waals surface area contributed by atoms with Gasteiger partial charge >= 0.3 is 6.18 Å². The lowest BCUT2D eigenvalue weighted by Crippen LogP contribution is -2.10. The third kappa shape index (κ3) is 3.06. The molecular weight excluding hydrogens is 371 g/mol. The number of aromatic amines is 1. The van der Waals surface area contributed by atoms with Crippen LogP contribution >= 0.6 is 0 Å². The van der Waals surface area contributed by atoms with Crippen molar-refractivity contribution in [2.24, 2.45) is 0 Å². The Hall–Kier alpha value is -3.42. The van der Waals surface area contributed by atoms with Gasteiger partial charge in [-0.15, -0.1) is 0 Å². The number of fused-ring (bicyclic) bond motifs is 3. The second kappa shape index (κ2) is 6.63. The smallest absolute Gasteiger partial charge is 0.417 e. The van der Waals surface area contributed by atoms with Crippen LogP contribution in [-0.4, -0.2) is 16.0 Å². The zero-order valence-electron chi connectivity index (χ0n) is 14.8. The molecule has 28 heavy (non-hydrogen) atoms. The van der Waals surface area contributed by atoms with Gasteiger partial charge < -0.3 is 19.4 Å². The maximum atomic E-state index is 13.4. The summed E-state index contributed by atoms with van der Waals surface area (Å²) in [6.45, 7) is 2.33. The number of alkyl halides is 3. The maximum Gasteiger partial charge on any atom is 0.417 e. The Morgan fingerprint density at radius 3 is 2.71 bits per heavy atom. The van der Waals surface area contributed by atoms with Crippen LogP contribution in [0.1, 0.15) is 12.5 Å². The number of anilines is 2. The van der Waals surface area contributed by atoms with E-state index in [1.54, 1.807) is 28.9 Å². The molecule has 0 aliphatic heterocycles. The van der Waals surface area contributed by atoms with Crippen molar-refractivity contribution in [3.05, 3.63) is 70.8 Å². The first-order valence-corrected chi connectivity index (χ1v) is 8.60. The number of benzene rings is 2. The van der Waals surface area contributed by atoms with Crippen LogP contribution in [0.5, 0.6) is 5.75 Å². The molecule has 0 saturated carbocycles. The number of nitrogens with one attached hydrogen (secondary N) is 2. The molecule has 0 amide bonds. The van der Waals surface area contributed by atoms with E-state index in [0.717, 1.165) is 0 Å². The summed E-state index contributed by atoms with van der Waals surface area (Å²) < 4.78 is 47.4. The minimum absolute atomic E-state index is 0.0344. The monoisotopic (exact) mass is 387 g/mol. The van der Waals surface area contributed by atoms with Crippen LogP contribution in [0.15, 0.2) is 59.8 Å². The predicted molar refractivity (Wildman–Crippen MR) is 101 cm³/mol. The largest absolute Gasteiger partial charge is 0.492 e. The Morgan fingerprint density at radius 1 is 1.18 bits per heavy atom. The molecule has 2 aromatic carbocycles. The molecule has 2 N–H and O–H groups in total. The number of aromatic nitrogens is 2. The number of H-pyrrole nitrogens is 1. The van der Waals surface area contributed by atoms with E-state index in [2.05, 4.69) is 10.3 Å². The van der Waals surface area contributed by atoms with Gasteiger partial charge in [0.1, 0.15) is 11.6 Å². The SMILES string of the molecule is CCOc1ccccc1Nc1[nH]ccn2cc3c(C(F)(F)F)cc(=O)cc3c12. The lowest BCUT2D eigenvalue weighted by atomic mass is 10.1. The van der Waals surface area contributed by atoms with E-state index in [0.29, 0.717) is 35.4 Å². The Balaban J connectivity index is 1.95. The van der Waals surface area contributed by atoms with Crippen molar-refractivity contribution < 1.29 is 17.9 Å². The molecule has 0 spiro atoms. The van der Waals surface area contributed by atoms with Crippen LogP contribution < -0.4 is 15.5 Å². The number of ether oxygens (including phenoxy) is 1. The van der Waals surface area contributed by atoms with Crippen molar-refractivity contribution in [1.29, 1.82) is 0 Å². The molecule has 0 aliphatic rings. The summed E-state index contributed by atoms with van der Waals surface area (Å²) in [7, 11) is 0. The van der Waals surface area contributed by atoms with Gasteiger partial charge in [-0.2, -0.15) is 13.2 Å². The van der Waals surface area contributed by atoms with Crippen molar-refractivity contribution in [3.63, 3.8) is 0 Å². The van der Waals surface area contributed by atoms with Crippen LogP contribution in [0.25, 0.3) is 16.3 Å². The second-order valence-corrected chi connectivity index (χ2v) is 6.20. The van der Waals surface area contributed by atoms with Gasteiger partial charge in [0.05, 0.1) is 23.4 Å². The number of halogens is 3. The molecule has 8 heteroatoms. The van der Waals surface area contributed by atoms with E-state index >= 15 is 0 Å². The fraction of sp³-hybridized carbons (Fsp3) is 0.150. The first kappa shape index (κ1) is 18.0. The first-order chi connectivity index (χ1) is 13.4. The van der Waals surface area contributed by atoms with Gasteiger partial charge in [0.2, 0.25) is 0 Å². The molecule has 5 nitrogen and oxygen atoms in total. The van der Waals surface area contributed by atoms with Crippen LogP contribution in [0.3, 0.4) is 0 Å². The van der Waals surface area contributed by atoms with Crippen molar-refractivity contribution in [3.8, 4) is 5.75 Å². The fourth-order valence-corrected chi connectivity index (χ4v) is 3.27. The van der Waals surface area contributed by atoms with Crippen molar-refractivity contribution in [2.45, 2.75) is 13.1 Å². The van der Waals surface area contributed by atoms with Crippen LogP contribution in [0, 0.1) is 0 Å². The Morgan fingerprint density at radius 2 is 1.96 bits per heavy atom. The number of rotatable bonds is 4. The quantitative estimate of drug-likeness (QED) is 0.521. The van der Waals surface area contributed by atoms with E-state index in [9.17, 15) is 18.0 Å². The normalized spacial score (nSPS) is 11.9. The van der Waals surface area contributed by atoms with Gasteiger partial charge in [0, 0.05) is 29.4 Å². The minimum Gasteiger partial charge on any atom is -0.492 e. The summed E-state index contributed by atoms with van der Waals surface area (Å²) in [6, 6.07) is 9.08. The lowest BCUT2D eigenvalue weighted by Gasteiger charge is -2.13. The minimum atomic E-state index is -4.62. The molecule has 4 aromatic rings. The highest BCUT2D eigenvalue weighted by Crippen LogP contribution is 2.38. The van der Waals surface area contributed by atoms with Crippen LogP contribution in [-0.2, 0) is 6.18 Å². The average molecular weight is 387 g/mol. The summed E-state index contributed by atoms with van der Waals surface area (Å²) >= 11 is 0. The first-order valence-electron chi connectivity index (χ1n) is 8.60. The molecule has 0 radical (unpaired) electrons. The Kier molecular flexibility index (Phi) is 4.26. The van der Waals surface area contributed by atoms with Gasteiger partial charge in [-0.1, -0.05) is 12.1 Å². The average Bonchev–Trinajstić information content (AvgIpc) is 3.01. The standard InChI is InChI=1S/C20H16F3N3O2/c1-2-28-17-6-4-3-5-16(17)25-19-18-13-9-12(27)10-15(20(21,22)23)14(13)11-26(18)8-7-24-19/h3-11,24-25H,2H2,1H3. The van der Waals surface area contributed by atoms with E-state index in [4.69, 9.17) is 4.74 Å². The number of nitrogens with zero attached hydrogens (tertiary/aromatic N) is 1. The third-order valence-corrected chi connectivity index (χ3v) is 4.39. The Bertz CT molecular complexity index is 1230. The predicted octanol–water partition coefficient (Wildman–Crippen LogP) is 4.94. The highest BCUT2D eigenvalue weighted by Gasteiger charge is 2.34. The van der Waals surface area contributed by atoms with Crippen molar-refractivity contribution in [2.75, 3.05) is 11.9 Å². The number of hydrogen-bond donors (Lipinski definition) is 2. The summed E-state index contributed by atoms with van der Waals surface area (Å²) in [5, 5.41) is 3.35. The van der Waals surface area contributed by atoms with Gasteiger partial charge in [0.15, 0.2) is 5.43 Å². The van der Waals surface area contributed by atoms with Crippen molar-refractivity contribution in [1.82, 2.24) is 9.38 Å². The van der Waals surface area contributed by atoms with E-state index < -0.39 is 17.2 Å². The van der Waals surface area contributed by atoms with Crippen LogP contribution in [0.4, 0.5) is 24.7 Å². The number of para-hydroxylation sites is 2. The summed E-state index contributed by atoms with van der Waals surface area (Å²) in [5.41, 5.74) is -0.554. The van der Waals surface area contributed by atoms with E-state index in [1.807, 2.05) is 19.1 Å². The van der Waals surface area contributed by atoms with E-state index in [1.165, 1.54) is 12.3 Å². The molecule has 0 saturated heterocycles. The molecule has 144 valence electrons. The zero-order chi connectivity index (χ0) is 19.9. The summed E-state index contributed by atoms with van der Waals surface area (Å²) in [5.74, 6) is 1.06. The van der Waals surface area contributed by atoms with Gasteiger partial charge in [-0.3, -0.25) is 4.79 Å². The molecular formula is C20H16F3N3O2. The number of hydrogen-bond acceptors (Lipinski definition) is 3. The van der Waals surface area contributed by atoms with Gasteiger partial charge in [-0.25, -0.2) is 0 Å². The molecule has 0 atom stereocenters. The van der Waals surface area contributed by atoms with Crippen LogP contribution in [0.2, 0.25) is 0 Å². The Labute approximate surface area is 157 Å². The fourth-order valence-electron chi connectivity index (χ4n) is 3.27. The lowest BCUT2D eigenvalue weighted by molar-refractivity contribution is -0.136. The molecule has 2 aromatic heterocycles. The van der Waals surface area contributed by atoms with E-state index in [-0.39, 0.29) is 10.8 Å². The van der Waals surface area contributed by atoms with Gasteiger partial charge in [0.25, 0.3) is 0 Å². The highest BCUT2D eigenvalue weighted by atomic mass is 19.4. The third-order valence-electron chi connectivity index (χ3n) is 4.39. The van der Waals surface area contributed by atoms with Crippen molar-refractivity contribution >= 4 is 27.8 Å². The maximum absolute atomic E-state index is 13.4. The molecule has 2 heterocycles. The molecule has 0 aliphatic carbocycles. The molecule has 0 fully saturated rings. The molecule has 0 bridgehead atoms. The zero-order valence-corrected chi connectivity index (χ0v) is 14.8. The summed E-state index contributed by atoms with van der Waals surface area (Å²) in [4.78, 5) is 15.0. The highest BCUT2D eigenvalue weighted by molar-refractivity contribution is 6.04.